The maximum absolute atomic E-state index is 5.80. The number of nitrogens with two attached hydrogens (primary N) is 1. The highest BCUT2D eigenvalue weighted by atomic mass is 32.2. The van der Waals surface area contributed by atoms with Crippen LogP contribution in [-0.2, 0) is 0 Å². The lowest BCUT2D eigenvalue weighted by atomic mass is 10.1. The lowest BCUT2D eigenvalue weighted by Gasteiger charge is -2.36. The summed E-state index contributed by atoms with van der Waals surface area (Å²) in [4.78, 5) is 2.43. The van der Waals surface area contributed by atoms with Crippen molar-refractivity contribution < 1.29 is 0 Å². The normalized spacial score (nSPS) is 32.1. The molecule has 1 saturated heterocycles. The SMILES string of the molecule is CC(N)CN(C)C1CCCSC1C. The number of nitrogens with zero attached hydrogens (tertiary/aromatic N) is 1. The van der Waals surface area contributed by atoms with Crippen LogP contribution in [-0.4, -0.2) is 41.6 Å². The van der Waals surface area contributed by atoms with Gasteiger partial charge in [-0.15, -0.1) is 0 Å². The highest BCUT2D eigenvalue weighted by Crippen LogP contribution is 2.28. The number of thioether (sulfide) groups is 1. The van der Waals surface area contributed by atoms with Crippen LogP contribution < -0.4 is 5.73 Å². The molecule has 0 bridgehead atoms. The summed E-state index contributed by atoms with van der Waals surface area (Å²) < 4.78 is 0. The van der Waals surface area contributed by atoms with E-state index in [-0.39, 0.29) is 0 Å². The average Bonchev–Trinajstić information content (AvgIpc) is 2.03. The Morgan fingerprint density at radius 3 is 2.85 bits per heavy atom. The van der Waals surface area contributed by atoms with Crippen molar-refractivity contribution in [1.82, 2.24) is 4.90 Å². The minimum atomic E-state index is 0.295. The number of hydrogen-bond donors (Lipinski definition) is 1. The highest BCUT2D eigenvalue weighted by Gasteiger charge is 2.25. The molecule has 3 atom stereocenters. The third-order valence-corrected chi connectivity index (χ3v) is 4.07. The summed E-state index contributed by atoms with van der Waals surface area (Å²) in [5.41, 5.74) is 5.80. The third-order valence-electron chi connectivity index (χ3n) is 2.71. The lowest BCUT2D eigenvalue weighted by molar-refractivity contribution is 0.215. The second kappa shape index (κ2) is 5.23. The Morgan fingerprint density at radius 2 is 2.31 bits per heavy atom. The van der Waals surface area contributed by atoms with Crippen LogP contribution in [0.15, 0.2) is 0 Å². The predicted molar refractivity (Wildman–Crippen MR) is 61.2 cm³/mol. The zero-order valence-electron chi connectivity index (χ0n) is 8.99. The van der Waals surface area contributed by atoms with Gasteiger partial charge in [-0.2, -0.15) is 11.8 Å². The molecule has 2 N–H and O–H groups in total. The van der Waals surface area contributed by atoms with Gasteiger partial charge in [0.05, 0.1) is 0 Å². The molecule has 0 aromatic heterocycles. The van der Waals surface area contributed by atoms with E-state index < -0.39 is 0 Å². The highest BCUT2D eigenvalue weighted by molar-refractivity contribution is 7.99. The summed E-state index contributed by atoms with van der Waals surface area (Å²) >= 11 is 2.10. The van der Waals surface area contributed by atoms with E-state index in [1.807, 2.05) is 0 Å². The van der Waals surface area contributed by atoms with E-state index in [4.69, 9.17) is 5.73 Å². The van der Waals surface area contributed by atoms with Crippen molar-refractivity contribution in [1.29, 1.82) is 0 Å². The maximum Gasteiger partial charge on any atom is 0.0209 e. The Bertz CT molecular complexity index is 150. The van der Waals surface area contributed by atoms with E-state index in [2.05, 4.69) is 37.6 Å². The topological polar surface area (TPSA) is 29.3 Å². The molecule has 0 spiro atoms. The van der Waals surface area contributed by atoms with Crippen LogP contribution in [0.25, 0.3) is 0 Å². The quantitative estimate of drug-likeness (QED) is 0.753. The molecule has 3 unspecified atom stereocenters. The van der Waals surface area contributed by atoms with Gasteiger partial charge in [0.15, 0.2) is 0 Å². The van der Waals surface area contributed by atoms with Crippen molar-refractivity contribution in [2.24, 2.45) is 5.73 Å². The van der Waals surface area contributed by atoms with E-state index in [0.717, 1.165) is 17.8 Å². The van der Waals surface area contributed by atoms with Gasteiger partial charge in [0.1, 0.15) is 0 Å². The molecular formula is C10H22N2S. The second-order valence-corrected chi connectivity index (χ2v) is 5.69. The Morgan fingerprint density at radius 1 is 1.62 bits per heavy atom. The van der Waals surface area contributed by atoms with Gasteiger partial charge >= 0.3 is 0 Å². The maximum atomic E-state index is 5.80. The van der Waals surface area contributed by atoms with E-state index in [9.17, 15) is 0 Å². The standard InChI is InChI=1S/C10H22N2S/c1-8(11)7-12(3)10-5-4-6-13-9(10)2/h8-10H,4-7,11H2,1-3H3. The first-order valence-electron chi connectivity index (χ1n) is 5.18. The van der Waals surface area contributed by atoms with Crippen LogP contribution in [0.1, 0.15) is 26.7 Å². The first kappa shape index (κ1) is 11.3. The molecule has 3 heteroatoms. The zero-order chi connectivity index (χ0) is 9.84. The largest absolute Gasteiger partial charge is 0.327 e. The Hall–Kier alpha value is 0.270. The van der Waals surface area contributed by atoms with Crippen LogP contribution in [0.3, 0.4) is 0 Å². The molecule has 0 aromatic carbocycles. The van der Waals surface area contributed by atoms with Gasteiger partial charge in [0, 0.05) is 23.9 Å². The molecule has 78 valence electrons. The van der Waals surface area contributed by atoms with E-state index in [1.165, 1.54) is 18.6 Å². The average molecular weight is 202 g/mol. The first-order chi connectivity index (χ1) is 6.11. The van der Waals surface area contributed by atoms with Crippen molar-refractivity contribution in [3.63, 3.8) is 0 Å². The monoisotopic (exact) mass is 202 g/mol. The van der Waals surface area contributed by atoms with Crippen molar-refractivity contribution >= 4 is 11.8 Å². The van der Waals surface area contributed by atoms with Crippen LogP contribution in [0.2, 0.25) is 0 Å². The van der Waals surface area contributed by atoms with Gasteiger partial charge in [-0.3, -0.25) is 0 Å². The molecule has 1 fully saturated rings. The van der Waals surface area contributed by atoms with Crippen molar-refractivity contribution in [3.8, 4) is 0 Å². The van der Waals surface area contributed by atoms with E-state index >= 15 is 0 Å². The first-order valence-corrected chi connectivity index (χ1v) is 6.23. The summed E-state index contributed by atoms with van der Waals surface area (Å²) in [6.07, 6.45) is 2.71. The molecule has 1 aliphatic rings. The fourth-order valence-electron chi connectivity index (χ4n) is 2.08. The molecule has 0 saturated carbocycles. The van der Waals surface area contributed by atoms with Crippen LogP contribution >= 0.6 is 11.8 Å². The molecule has 1 rings (SSSR count). The zero-order valence-corrected chi connectivity index (χ0v) is 9.81. The van der Waals surface area contributed by atoms with Gasteiger partial charge in [0.2, 0.25) is 0 Å². The van der Waals surface area contributed by atoms with Crippen LogP contribution in [0.5, 0.6) is 0 Å². The van der Waals surface area contributed by atoms with Crippen molar-refractivity contribution in [2.45, 2.75) is 44.0 Å². The lowest BCUT2D eigenvalue weighted by Crippen LogP contribution is -2.45. The van der Waals surface area contributed by atoms with Crippen LogP contribution in [0, 0.1) is 0 Å². The Labute approximate surface area is 86.2 Å². The Kier molecular flexibility index (Phi) is 4.56. The van der Waals surface area contributed by atoms with Crippen molar-refractivity contribution in [2.75, 3.05) is 19.3 Å². The summed E-state index contributed by atoms with van der Waals surface area (Å²) in [6.45, 7) is 5.44. The van der Waals surface area contributed by atoms with Crippen LogP contribution in [0.4, 0.5) is 0 Å². The number of likely N-dealkylation sites (N-methyl/N-ethyl adjacent to an activating group) is 1. The molecule has 1 heterocycles. The minimum Gasteiger partial charge on any atom is -0.327 e. The third kappa shape index (κ3) is 3.49. The number of rotatable bonds is 3. The summed E-state index contributed by atoms with van der Waals surface area (Å²) in [5.74, 6) is 1.34. The van der Waals surface area contributed by atoms with Gasteiger partial charge < -0.3 is 10.6 Å². The molecule has 0 radical (unpaired) electrons. The van der Waals surface area contributed by atoms with E-state index in [0.29, 0.717) is 6.04 Å². The number of hydrogen-bond acceptors (Lipinski definition) is 3. The molecule has 0 aliphatic carbocycles. The fraction of sp³-hybridized carbons (Fsp3) is 1.00. The summed E-state index contributed by atoms with van der Waals surface area (Å²) in [5, 5.41) is 0.775. The summed E-state index contributed by atoms with van der Waals surface area (Å²) in [7, 11) is 2.20. The fourth-order valence-corrected chi connectivity index (χ4v) is 3.35. The second-order valence-electron chi connectivity index (χ2n) is 4.20. The Balaban J connectivity index is 2.39. The van der Waals surface area contributed by atoms with Gasteiger partial charge in [-0.05, 0) is 32.6 Å². The van der Waals surface area contributed by atoms with Crippen molar-refractivity contribution in [3.05, 3.63) is 0 Å². The molecule has 0 amide bonds. The molecule has 1 aliphatic heterocycles. The predicted octanol–water partition coefficient (Wildman–Crippen LogP) is 1.55. The smallest absolute Gasteiger partial charge is 0.0209 e. The van der Waals surface area contributed by atoms with E-state index in [1.54, 1.807) is 0 Å². The van der Waals surface area contributed by atoms with Gasteiger partial charge in [0.25, 0.3) is 0 Å². The van der Waals surface area contributed by atoms with Gasteiger partial charge in [-0.25, -0.2) is 0 Å². The molecule has 13 heavy (non-hydrogen) atoms. The molecule has 2 nitrogen and oxygen atoms in total. The van der Waals surface area contributed by atoms with Gasteiger partial charge in [-0.1, -0.05) is 6.92 Å². The minimum absolute atomic E-state index is 0.295. The summed E-state index contributed by atoms with van der Waals surface area (Å²) in [6, 6.07) is 1.04. The molecule has 0 aromatic rings. The molecular weight excluding hydrogens is 180 g/mol.